The molecule has 0 aliphatic heterocycles. The number of nitrogens with two attached hydrogens (primary N) is 1. The summed E-state index contributed by atoms with van der Waals surface area (Å²) in [4.78, 5) is 0. The molecule has 1 aliphatic carbocycles. The van der Waals surface area contributed by atoms with E-state index in [1.165, 1.54) is 37.8 Å². The average Bonchev–Trinajstić information content (AvgIpc) is 2.86. The Kier molecular flexibility index (Phi) is 3.57. The zero-order chi connectivity index (χ0) is 12.5. The maximum Gasteiger partial charge on any atom is 0.0553 e. The second-order valence-electron chi connectivity index (χ2n) is 6.02. The Morgan fingerprint density at radius 2 is 2.06 bits per heavy atom. The molecule has 1 heterocycles. The van der Waals surface area contributed by atoms with Crippen LogP contribution in [0.15, 0.2) is 12.3 Å². The summed E-state index contributed by atoms with van der Waals surface area (Å²) in [5.41, 5.74) is 8.06. The lowest BCUT2D eigenvalue weighted by Crippen LogP contribution is -2.35. The first kappa shape index (κ1) is 12.6. The smallest absolute Gasteiger partial charge is 0.0553 e. The predicted molar refractivity (Wildman–Crippen MR) is 70.5 cm³/mol. The standard InChI is InChI=1S/C14H25N3/c1-11(2)10-14(7-4-5-8-14)13(15)12-6-9-16-17(12)3/h6,9,11,13H,4-5,7-8,10,15H2,1-3H3. The molecule has 1 saturated carbocycles. The number of aryl methyl sites for hydroxylation is 1. The quantitative estimate of drug-likeness (QED) is 0.871. The Bertz CT molecular complexity index is 361. The van der Waals surface area contributed by atoms with Gasteiger partial charge in [-0.25, -0.2) is 0 Å². The van der Waals surface area contributed by atoms with Crippen molar-refractivity contribution in [1.82, 2.24) is 9.78 Å². The van der Waals surface area contributed by atoms with Gasteiger partial charge in [-0.2, -0.15) is 5.10 Å². The second-order valence-corrected chi connectivity index (χ2v) is 6.02. The molecule has 3 heteroatoms. The highest BCUT2D eigenvalue weighted by molar-refractivity contribution is 5.12. The molecule has 0 amide bonds. The van der Waals surface area contributed by atoms with Crippen LogP contribution in [0, 0.1) is 11.3 Å². The summed E-state index contributed by atoms with van der Waals surface area (Å²) in [6, 6.07) is 2.21. The number of rotatable bonds is 4. The van der Waals surface area contributed by atoms with E-state index in [1.54, 1.807) is 0 Å². The number of aromatic nitrogens is 2. The predicted octanol–water partition coefficient (Wildman–Crippen LogP) is 3.03. The molecule has 1 atom stereocenters. The number of nitrogens with zero attached hydrogens (tertiary/aromatic N) is 2. The minimum atomic E-state index is 0.139. The maximum absolute atomic E-state index is 6.57. The Morgan fingerprint density at radius 1 is 1.41 bits per heavy atom. The van der Waals surface area contributed by atoms with Crippen molar-refractivity contribution in [2.24, 2.45) is 24.1 Å². The fourth-order valence-corrected chi connectivity index (χ4v) is 3.54. The molecule has 96 valence electrons. The molecule has 1 aliphatic rings. The minimum Gasteiger partial charge on any atom is -0.322 e. The van der Waals surface area contributed by atoms with Crippen LogP contribution in [0.2, 0.25) is 0 Å². The fraction of sp³-hybridized carbons (Fsp3) is 0.786. The lowest BCUT2D eigenvalue weighted by atomic mass is 9.72. The molecule has 0 bridgehead atoms. The van der Waals surface area contributed by atoms with Gasteiger partial charge in [0.25, 0.3) is 0 Å². The molecule has 2 rings (SSSR count). The summed E-state index contributed by atoms with van der Waals surface area (Å²) in [5.74, 6) is 0.715. The summed E-state index contributed by atoms with van der Waals surface area (Å²) in [5, 5.41) is 4.26. The van der Waals surface area contributed by atoms with Crippen LogP contribution in [0.4, 0.5) is 0 Å². The van der Waals surface area contributed by atoms with Crippen LogP contribution in [-0.4, -0.2) is 9.78 Å². The van der Waals surface area contributed by atoms with Gasteiger partial charge in [0, 0.05) is 13.2 Å². The van der Waals surface area contributed by atoms with Crippen LogP contribution in [-0.2, 0) is 7.05 Å². The Morgan fingerprint density at radius 3 is 2.53 bits per heavy atom. The van der Waals surface area contributed by atoms with Crippen molar-refractivity contribution in [3.8, 4) is 0 Å². The largest absolute Gasteiger partial charge is 0.322 e. The summed E-state index contributed by atoms with van der Waals surface area (Å²) in [7, 11) is 1.99. The Balaban J connectivity index is 2.24. The zero-order valence-electron chi connectivity index (χ0n) is 11.3. The van der Waals surface area contributed by atoms with Gasteiger partial charge >= 0.3 is 0 Å². The van der Waals surface area contributed by atoms with E-state index in [0.29, 0.717) is 11.3 Å². The van der Waals surface area contributed by atoms with E-state index in [0.717, 1.165) is 0 Å². The monoisotopic (exact) mass is 235 g/mol. The van der Waals surface area contributed by atoms with E-state index in [4.69, 9.17) is 5.73 Å². The van der Waals surface area contributed by atoms with Crippen LogP contribution >= 0.6 is 0 Å². The first-order valence-corrected chi connectivity index (χ1v) is 6.79. The molecule has 1 unspecified atom stereocenters. The van der Waals surface area contributed by atoms with Crippen molar-refractivity contribution in [2.45, 2.75) is 52.0 Å². The molecule has 1 aromatic heterocycles. The third-order valence-corrected chi connectivity index (χ3v) is 4.25. The lowest BCUT2D eigenvalue weighted by Gasteiger charge is -2.37. The van der Waals surface area contributed by atoms with Crippen molar-refractivity contribution in [2.75, 3.05) is 0 Å². The highest BCUT2D eigenvalue weighted by atomic mass is 15.3. The van der Waals surface area contributed by atoms with Gasteiger partial charge in [0.2, 0.25) is 0 Å². The summed E-state index contributed by atoms with van der Waals surface area (Å²) < 4.78 is 1.94. The average molecular weight is 235 g/mol. The topological polar surface area (TPSA) is 43.8 Å². The van der Waals surface area contributed by atoms with E-state index in [9.17, 15) is 0 Å². The molecule has 0 aromatic carbocycles. The van der Waals surface area contributed by atoms with Gasteiger partial charge in [-0.05, 0) is 36.7 Å². The number of hydrogen-bond donors (Lipinski definition) is 1. The maximum atomic E-state index is 6.57. The lowest BCUT2D eigenvalue weighted by molar-refractivity contribution is 0.178. The summed E-state index contributed by atoms with van der Waals surface area (Å²) in [6.45, 7) is 4.60. The Hall–Kier alpha value is -0.830. The first-order valence-electron chi connectivity index (χ1n) is 6.79. The van der Waals surface area contributed by atoms with Crippen molar-refractivity contribution < 1.29 is 0 Å². The third-order valence-electron chi connectivity index (χ3n) is 4.25. The van der Waals surface area contributed by atoms with E-state index >= 15 is 0 Å². The van der Waals surface area contributed by atoms with Crippen molar-refractivity contribution >= 4 is 0 Å². The molecule has 1 fully saturated rings. The van der Waals surface area contributed by atoms with E-state index in [2.05, 4.69) is 25.0 Å². The molecule has 2 N–H and O–H groups in total. The van der Waals surface area contributed by atoms with Crippen molar-refractivity contribution in [3.05, 3.63) is 18.0 Å². The van der Waals surface area contributed by atoms with Gasteiger partial charge in [-0.15, -0.1) is 0 Å². The van der Waals surface area contributed by atoms with Gasteiger partial charge in [0.1, 0.15) is 0 Å². The second kappa shape index (κ2) is 4.81. The molecular formula is C14H25N3. The summed E-state index contributed by atoms with van der Waals surface area (Å²) in [6.07, 6.45) is 8.30. The molecular weight excluding hydrogens is 210 g/mol. The number of hydrogen-bond acceptors (Lipinski definition) is 2. The molecule has 3 nitrogen and oxygen atoms in total. The normalized spacial score (nSPS) is 21.0. The summed E-state index contributed by atoms with van der Waals surface area (Å²) >= 11 is 0. The third kappa shape index (κ3) is 2.39. The molecule has 17 heavy (non-hydrogen) atoms. The van der Waals surface area contributed by atoms with Crippen LogP contribution in [0.3, 0.4) is 0 Å². The van der Waals surface area contributed by atoms with Gasteiger partial charge < -0.3 is 5.73 Å². The highest BCUT2D eigenvalue weighted by Gasteiger charge is 2.41. The van der Waals surface area contributed by atoms with Crippen LogP contribution in [0.25, 0.3) is 0 Å². The van der Waals surface area contributed by atoms with E-state index in [-0.39, 0.29) is 6.04 Å². The van der Waals surface area contributed by atoms with Crippen molar-refractivity contribution in [1.29, 1.82) is 0 Å². The van der Waals surface area contributed by atoms with Crippen LogP contribution in [0.5, 0.6) is 0 Å². The molecule has 0 saturated heterocycles. The SMILES string of the molecule is CC(C)CC1(C(N)c2ccnn2C)CCCC1. The minimum absolute atomic E-state index is 0.139. The molecule has 0 spiro atoms. The van der Waals surface area contributed by atoms with Crippen LogP contribution in [0.1, 0.15) is 57.7 Å². The van der Waals surface area contributed by atoms with Gasteiger partial charge in [-0.3, -0.25) is 4.68 Å². The molecule has 0 radical (unpaired) electrons. The van der Waals surface area contributed by atoms with Gasteiger partial charge in [0.05, 0.1) is 11.7 Å². The first-order chi connectivity index (χ1) is 8.05. The van der Waals surface area contributed by atoms with Gasteiger partial charge in [-0.1, -0.05) is 26.7 Å². The van der Waals surface area contributed by atoms with Gasteiger partial charge in [0.15, 0.2) is 0 Å². The van der Waals surface area contributed by atoms with Crippen LogP contribution < -0.4 is 5.73 Å². The van der Waals surface area contributed by atoms with E-state index < -0.39 is 0 Å². The fourth-order valence-electron chi connectivity index (χ4n) is 3.54. The Labute approximate surface area is 104 Å². The highest BCUT2D eigenvalue weighted by Crippen LogP contribution is 2.50. The van der Waals surface area contributed by atoms with Crippen molar-refractivity contribution in [3.63, 3.8) is 0 Å². The van der Waals surface area contributed by atoms with E-state index in [1.807, 2.05) is 17.9 Å². The molecule has 1 aromatic rings. The zero-order valence-corrected chi connectivity index (χ0v) is 11.3.